The van der Waals surface area contributed by atoms with E-state index in [1.54, 1.807) is 11.3 Å². The van der Waals surface area contributed by atoms with Crippen LogP contribution in [0.4, 0.5) is 0 Å². The molecule has 0 N–H and O–H groups in total. The van der Waals surface area contributed by atoms with Crippen molar-refractivity contribution in [1.82, 2.24) is 9.97 Å². The molecule has 0 spiro atoms. The zero-order valence-corrected chi connectivity index (χ0v) is 9.77. The molecule has 0 bridgehead atoms. The summed E-state index contributed by atoms with van der Waals surface area (Å²) in [5.41, 5.74) is 2.20. The first kappa shape index (κ1) is 9.59. The van der Waals surface area contributed by atoms with Crippen LogP contribution in [0.1, 0.15) is 31.3 Å². The summed E-state index contributed by atoms with van der Waals surface area (Å²) in [6.45, 7) is 8.59. The maximum Gasteiger partial charge on any atom is 0.170 e. The van der Waals surface area contributed by atoms with Gasteiger partial charge >= 0.3 is 0 Å². The molecule has 0 aliphatic heterocycles. The van der Waals surface area contributed by atoms with Crippen LogP contribution in [0.2, 0.25) is 0 Å². The van der Waals surface area contributed by atoms with Crippen LogP contribution < -0.4 is 0 Å². The smallest absolute Gasteiger partial charge is 0.170 e. The number of pyridine rings is 1. The van der Waals surface area contributed by atoms with Crippen molar-refractivity contribution in [2.75, 3.05) is 0 Å². The van der Waals surface area contributed by atoms with E-state index < -0.39 is 0 Å². The van der Waals surface area contributed by atoms with Crippen molar-refractivity contribution < 1.29 is 0 Å². The maximum atomic E-state index is 4.53. The van der Waals surface area contributed by atoms with E-state index in [0.717, 1.165) is 10.7 Å². The van der Waals surface area contributed by atoms with Crippen molar-refractivity contribution in [3.05, 3.63) is 22.8 Å². The van der Waals surface area contributed by atoms with Gasteiger partial charge in [0, 0.05) is 11.6 Å². The lowest BCUT2D eigenvalue weighted by Gasteiger charge is -2.12. The molecule has 0 saturated heterocycles. The number of rotatable bonds is 0. The Bertz CT molecular complexity index is 466. The molecule has 74 valence electrons. The van der Waals surface area contributed by atoms with Gasteiger partial charge in [-0.05, 0) is 18.6 Å². The molecular formula is C11H14N2S. The van der Waals surface area contributed by atoms with Crippen LogP contribution in [0.15, 0.2) is 12.3 Å². The summed E-state index contributed by atoms with van der Waals surface area (Å²) in [5.74, 6) is 0. The highest BCUT2D eigenvalue weighted by molar-refractivity contribution is 7.18. The highest BCUT2D eigenvalue weighted by Gasteiger charge is 2.18. The topological polar surface area (TPSA) is 25.8 Å². The van der Waals surface area contributed by atoms with Crippen molar-refractivity contribution in [3.63, 3.8) is 0 Å². The van der Waals surface area contributed by atoms with Gasteiger partial charge in [-0.3, -0.25) is 0 Å². The van der Waals surface area contributed by atoms with Crippen molar-refractivity contribution >= 4 is 21.7 Å². The Kier molecular flexibility index (Phi) is 2.07. The first-order chi connectivity index (χ1) is 6.47. The van der Waals surface area contributed by atoms with Gasteiger partial charge in [-0.25, -0.2) is 9.97 Å². The van der Waals surface area contributed by atoms with Gasteiger partial charge in [0.1, 0.15) is 5.01 Å². The molecule has 0 aliphatic rings. The number of nitrogens with zero attached hydrogens (tertiary/aromatic N) is 2. The minimum atomic E-state index is 0.124. The number of fused-ring (bicyclic) bond motifs is 1. The van der Waals surface area contributed by atoms with E-state index in [9.17, 15) is 0 Å². The quantitative estimate of drug-likeness (QED) is 0.661. The molecule has 14 heavy (non-hydrogen) atoms. The van der Waals surface area contributed by atoms with E-state index in [2.05, 4.69) is 43.7 Å². The summed E-state index contributed by atoms with van der Waals surface area (Å²) in [7, 11) is 0. The van der Waals surface area contributed by atoms with Crippen molar-refractivity contribution in [2.45, 2.75) is 33.1 Å². The van der Waals surface area contributed by atoms with Crippen molar-refractivity contribution in [3.8, 4) is 0 Å². The van der Waals surface area contributed by atoms with Crippen LogP contribution >= 0.6 is 11.3 Å². The van der Waals surface area contributed by atoms with Gasteiger partial charge in [-0.1, -0.05) is 20.8 Å². The zero-order chi connectivity index (χ0) is 10.3. The zero-order valence-electron chi connectivity index (χ0n) is 8.96. The maximum absolute atomic E-state index is 4.53. The molecular weight excluding hydrogens is 192 g/mol. The Labute approximate surface area is 88.0 Å². The number of thiazole rings is 1. The molecule has 0 aliphatic carbocycles. The molecule has 0 amide bonds. The average molecular weight is 206 g/mol. The van der Waals surface area contributed by atoms with E-state index in [0.29, 0.717) is 0 Å². The molecule has 2 heterocycles. The molecule has 3 heteroatoms. The van der Waals surface area contributed by atoms with E-state index in [1.807, 2.05) is 6.20 Å². The monoisotopic (exact) mass is 206 g/mol. The Hall–Kier alpha value is -0.960. The normalized spacial score (nSPS) is 12.3. The molecule has 0 fully saturated rings. The number of hydrogen-bond donors (Lipinski definition) is 0. The second-order valence-corrected chi connectivity index (χ2v) is 5.63. The highest BCUT2D eigenvalue weighted by atomic mass is 32.1. The summed E-state index contributed by atoms with van der Waals surface area (Å²) in [5, 5.41) is 1.16. The minimum Gasteiger partial charge on any atom is -0.236 e. The fourth-order valence-electron chi connectivity index (χ4n) is 1.24. The Morgan fingerprint density at radius 2 is 2.00 bits per heavy atom. The molecule has 2 rings (SSSR count). The van der Waals surface area contributed by atoms with Gasteiger partial charge < -0.3 is 0 Å². The van der Waals surface area contributed by atoms with Crippen LogP contribution in [0, 0.1) is 6.92 Å². The van der Waals surface area contributed by atoms with Crippen LogP contribution in [0.5, 0.6) is 0 Å². The van der Waals surface area contributed by atoms with Crippen LogP contribution in [0.3, 0.4) is 0 Å². The molecule has 0 radical (unpaired) electrons. The second-order valence-electron chi connectivity index (χ2n) is 4.60. The molecule has 0 saturated carbocycles. The lowest BCUT2D eigenvalue weighted by atomic mass is 9.98. The van der Waals surface area contributed by atoms with E-state index in [-0.39, 0.29) is 5.41 Å². The van der Waals surface area contributed by atoms with Gasteiger partial charge in [0.15, 0.2) is 5.65 Å². The third-order valence-corrected chi connectivity index (χ3v) is 3.44. The standard InChI is InChI=1S/C11H14N2S/c1-7-5-8-9(12-6-7)13-10(14-8)11(2,3)4/h5-6H,1-4H3. The second kappa shape index (κ2) is 3.02. The van der Waals surface area contributed by atoms with Gasteiger partial charge in [-0.2, -0.15) is 0 Å². The molecule has 2 aromatic rings. The Balaban J connectivity index is 2.63. The van der Waals surface area contributed by atoms with E-state index in [4.69, 9.17) is 0 Å². The summed E-state index contributed by atoms with van der Waals surface area (Å²) in [4.78, 5) is 8.85. The molecule has 0 aromatic carbocycles. The lowest BCUT2D eigenvalue weighted by Crippen LogP contribution is -2.09. The van der Waals surface area contributed by atoms with Crippen LogP contribution in [0.25, 0.3) is 10.3 Å². The van der Waals surface area contributed by atoms with Gasteiger partial charge in [0.2, 0.25) is 0 Å². The Morgan fingerprint density at radius 3 is 2.64 bits per heavy atom. The van der Waals surface area contributed by atoms with Gasteiger partial charge in [-0.15, -0.1) is 11.3 Å². The number of aromatic nitrogens is 2. The highest BCUT2D eigenvalue weighted by Crippen LogP contribution is 2.30. The van der Waals surface area contributed by atoms with Crippen LogP contribution in [-0.4, -0.2) is 9.97 Å². The van der Waals surface area contributed by atoms with Crippen molar-refractivity contribution in [2.24, 2.45) is 0 Å². The summed E-state index contributed by atoms with van der Waals surface area (Å²) in [6, 6.07) is 2.15. The Morgan fingerprint density at radius 1 is 1.29 bits per heavy atom. The van der Waals surface area contributed by atoms with Crippen molar-refractivity contribution in [1.29, 1.82) is 0 Å². The number of aryl methyl sites for hydroxylation is 1. The van der Waals surface area contributed by atoms with E-state index >= 15 is 0 Å². The molecule has 2 nitrogen and oxygen atoms in total. The molecule has 0 atom stereocenters. The molecule has 0 unspecified atom stereocenters. The summed E-state index contributed by atoms with van der Waals surface area (Å²) in [6.07, 6.45) is 1.87. The SMILES string of the molecule is Cc1cnc2nc(C(C)(C)C)sc2c1. The lowest BCUT2D eigenvalue weighted by molar-refractivity contribution is 0.586. The first-order valence-corrected chi connectivity index (χ1v) is 5.52. The number of hydrogen-bond acceptors (Lipinski definition) is 3. The van der Waals surface area contributed by atoms with Crippen LogP contribution in [-0.2, 0) is 5.41 Å². The van der Waals surface area contributed by atoms with Gasteiger partial charge in [0.25, 0.3) is 0 Å². The average Bonchev–Trinajstić information content (AvgIpc) is 2.45. The largest absolute Gasteiger partial charge is 0.236 e. The predicted molar refractivity (Wildman–Crippen MR) is 60.9 cm³/mol. The van der Waals surface area contributed by atoms with E-state index in [1.165, 1.54) is 10.3 Å². The minimum absolute atomic E-state index is 0.124. The third kappa shape index (κ3) is 1.64. The predicted octanol–water partition coefficient (Wildman–Crippen LogP) is 3.30. The fraction of sp³-hybridized carbons (Fsp3) is 0.455. The summed E-state index contributed by atoms with van der Waals surface area (Å²) < 4.78 is 1.19. The first-order valence-electron chi connectivity index (χ1n) is 4.70. The molecule has 2 aromatic heterocycles. The third-order valence-electron chi connectivity index (χ3n) is 2.03. The van der Waals surface area contributed by atoms with Gasteiger partial charge in [0.05, 0.1) is 4.70 Å². The fourth-order valence-corrected chi connectivity index (χ4v) is 2.32. The summed E-state index contributed by atoms with van der Waals surface area (Å²) >= 11 is 1.74.